The molecule has 1 fully saturated rings. The number of hydrogen-bond acceptors (Lipinski definition) is 4. The van der Waals surface area contributed by atoms with E-state index < -0.39 is 0 Å². The standard InChI is InChI=1S/C12H18BrN3S/c1-12(5-2-6-17-12)11(16-14)7-10-4-3-9(13)8-15-10/h3-4,8,11,16H,2,5-7,14H2,1H3. The summed E-state index contributed by atoms with van der Waals surface area (Å²) in [6.45, 7) is 2.30. The predicted octanol–water partition coefficient (Wildman–Crippen LogP) is 2.50. The van der Waals surface area contributed by atoms with Gasteiger partial charge in [0.15, 0.2) is 0 Å². The van der Waals surface area contributed by atoms with E-state index >= 15 is 0 Å². The third-order valence-corrected chi connectivity index (χ3v) is 5.50. The van der Waals surface area contributed by atoms with Crippen LogP contribution in [0.3, 0.4) is 0 Å². The molecule has 17 heavy (non-hydrogen) atoms. The van der Waals surface area contributed by atoms with Crippen LogP contribution in [0.4, 0.5) is 0 Å². The zero-order valence-corrected chi connectivity index (χ0v) is 12.4. The van der Waals surface area contributed by atoms with Crippen molar-refractivity contribution in [3.05, 3.63) is 28.5 Å². The lowest BCUT2D eigenvalue weighted by atomic mass is 9.93. The number of aromatic nitrogens is 1. The average molecular weight is 316 g/mol. The van der Waals surface area contributed by atoms with Gasteiger partial charge in [0.05, 0.1) is 0 Å². The van der Waals surface area contributed by atoms with Crippen LogP contribution in [0.25, 0.3) is 0 Å². The van der Waals surface area contributed by atoms with Crippen molar-refractivity contribution in [3.8, 4) is 0 Å². The van der Waals surface area contributed by atoms with Crippen molar-refractivity contribution in [1.82, 2.24) is 10.4 Å². The molecule has 2 unspecified atom stereocenters. The van der Waals surface area contributed by atoms with Crippen LogP contribution >= 0.6 is 27.7 Å². The van der Waals surface area contributed by atoms with Crippen LogP contribution in [0, 0.1) is 0 Å². The van der Waals surface area contributed by atoms with E-state index in [9.17, 15) is 0 Å². The minimum Gasteiger partial charge on any atom is -0.271 e. The number of hydrazine groups is 1. The smallest absolute Gasteiger partial charge is 0.0421 e. The van der Waals surface area contributed by atoms with Gasteiger partial charge in [0.2, 0.25) is 0 Å². The highest BCUT2D eigenvalue weighted by atomic mass is 79.9. The van der Waals surface area contributed by atoms with Crippen molar-refractivity contribution in [2.24, 2.45) is 5.84 Å². The van der Waals surface area contributed by atoms with Crippen molar-refractivity contribution in [3.63, 3.8) is 0 Å². The van der Waals surface area contributed by atoms with Crippen molar-refractivity contribution < 1.29 is 0 Å². The number of nitrogens with two attached hydrogens (primary N) is 1. The molecule has 1 aromatic rings. The maximum atomic E-state index is 5.72. The Morgan fingerprint density at radius 1 is 1.65 bits per heavy atom. The van der Waals surface area contributed by atoms with Gasteiger partial charge >= 0.3 is 0 Å². The fourth-order valence-corrected chi connectivity index (χ4v) is 3.89. The van der Waals surface area contributed by atoms with E-state index in [1.807, 2.05) is 24.0 Å². The van der Waals surface area contributed by atoms with E-state index in [0.717, 1.165) is 16.6 Å². The summed E-state index contributed by atoms with van der Waals surface area (Å²) in [4.78, 5) is 4.42. The van der Waals surface area contributed by atoms with Gasteiger partial charge in [-0.15, -0.1) is 0 Å². The van der Waals surface area contributed by atoms with Crippen molar-refractivity contribution in [1.29, 1.82) is 0 Å². The molecule has 2 rings (SSSR count). The molecule has 1 aliphatic heterocycles. The van der Waals surface area contributed by atoms with Crippen LogP contribution in [0.1, 0.15) is 25.5 Å². The molecule has 0 spiro atoms. The van der Waals surface area contributed by atoms with Crippen LogP contribution in [-0.4, -0.2) is 21.5 Å². The summed E-state index contributed by atoms with van der Waals surface area (Å²) < 4.78 is 1.25. The van der Waals surface area contributed by atoms with Gasteiger partial charge in [0.1, 0.15) is 0 Å². The molecule has 1 aliphatic rings. The SMILES string of the molecule is CC1(C(Cc2ccc(Br)cn2)NN)CCCS1. The molecule has 1 saturated heterocycles. The van der Waals surface area contributed by atoms with Crippen molar-refractivity contribution >= 4 is 27.7 Å². The van der Waals surface area contributed by atoms with Crippen molar-refractivity contribution in [2.45, 2.75) is 37.0 Å². The van der Waals surface area contributed by atoms with Crippen LogP contribution in [0.15, 0.2) is 22.8 Å². The first-order valence-electron chi connectivity index (χ1n) is 5.84. The summed E-state index contributed by atoms with van der Waals surface area (Å²) >= 11 is 5.42. The maximum absolute atomic E-state index is 5.72. The van der Waals surface area contributed by atoms with Gasteiger partial charge in [-0.1, -0.05) is 0 Å². The van der Waals surface area contributed by atoms with Gasteiger partial charge < -0.3 is 0 Å². The van der Waals surface area contributed by atoms with Gasteiger partial charge in [-0.2, -0.15) is 11.8 Å². The molecular weight excluding hydrogens is 298 g/mol. The summed E-state index contributed by atoms with van der Waals surface area (Å²) in [5.41, 5.74) is 4.06. The second kappa shape index (κ2) is 5.69. The van der Waals surface area contributed by atoms with E-state index in [4.69, 9.17) is 5.84 Å². The summed E-state index contributed by atoms with van der Waals surface area (Å²) in [7, 11) is 0. The lowest BCUT2D eigenvalue weighted by Crippen LogP contribution is -2.50. The lowest BCUT2D eigenvalue weighted by Gasteiger charge is -2.32. The van der Waals surface area contributed by atoms with E-state index in [1.165, 1.54) is 18.6 Å². The molecule has 2 atom stereocenters. The molecule has 0 radical (unpaired) electrons. The Balaban J connectivity index is 2.06. The number of thioether (sulfide) groups is 1. The Labute approximate surface area is 115 Å². The zero-order valence-electron chi connectivity index (χ0n) is 9.95. The third kappa shape index (κ3) is 3.22. The number of halogens is 1. The molecular formula is C12H18BrN3S. The van der Waals surface area contributed by atoms with Gasteiger partial charge in [0, 0.05) is 33.6 Å². The van der Waals surface area contributed by atoms with Crippen molar-refractivity contribution in [2.75, 3.05) is 5.75 Å². The van der Waals surface area contributed by atoms with E-state index in [1.54, 1.807) is 0 Å². The number of rotatable bonds is 4. The summed E-state index contributed by atoms with van der Waals surface area (Å²) in [6.07, 6.45) is 5.23. The molecule has 0 aromatic carbocycles. The van der Waals surface area contributed by atoms with Gasteiger partial charge in [-0.25, -0.2) is 0 Å². The average Bonchev–Trinajstić information content (AvgIpc) is 2.76. The first-order valence-corrected chi connectivity index (χ1v) is 7.62. The summed E-state index contributed by atoms with van der Waals surface area (Å²) in [6, 6.07) is 4.36. The lowest BCUT2D eigenvalue weighted by molar-refractivity contribution is 0.403. The highest BCUT2D eigenvalue weighted by molar-refractivity contribution is 9.10. The highest BCUT2D eigenvalue weighted by Gasteiger charge is 2.37. The molecule has 3 N–H and O–H groups in total. The Hall–Kier alpha value is -0.100. The zero-order chi connectivity index (χ0) is 12.3. The normalized spacial score (nSPS) is 26.1. The topological polar surface area (TPSA) is 50.9 Å². The Kier molecular flexibility index (Phi) is 4.47. The second-order valence-electron chi connectivity index (χ2n) is 4.66. The third-order valence-electron chi connectivity index (χ3n) is 3.39. The Morgan fingerprint density at radius 3 is 3.00 bits per heavy atom. The van der Waals surface area contributed by atoms with Gasteiger partial charge in [-0.05, 0) is 53.6 Å². The second-order valence-corrected chi connectivity index (χ2v) is 7.20. The fraction of sp³-hybridized carbons (Fsp3) is 0.583. The van der Waals surface area contributed by atoms with E-state index in [0.29, 0.717) is 0 Å². The van der Waals surface area contributed by atoms with Crippen LogP contribution in [0.5, 0.6) is 0 Å². The first-order chi connectivity index (χ1) is 8.14. The van der Waals surface area contributed by atoms with Crippen LogP contribution in [-0.2, 0) is 6.42 Å². The molecule has 3 nitrogen and oxygen atoms in total. The monoisotopic (exact) mass is 315 g/mol. The van der Waals surface area contributed by atoms with E-state index in [2.05, 4.69) is 39.3 Å². The first kappa shape index (κ1) is 13.3. The van der Waals surface area contributed by atoms with Crippen LogP contribution in [0.2, 0.25) is 0 Å². The molecule has 0 amide bonds. The molecule has 0 saturated carbocycles. The highest BCUT2D eigenvalue weighted by Crippen LogP contribution is 2.41. The number of nitrogens with one attached hydrogen (secondary N) is 1. The summed E-state index contributed by atoms with van der Waals surface area (Å²) in [5, 5.41) is 0. The van der Waals surface area contributed by atoms with Gasteiger partial charge in [0.25, 0.3) is 0 Å². The maximum Gasteiger partial charge on any atom is 0.0421 e. The molecule has 1 aromatic heterocycles. The molecule has 0 bridgehead atoms. The number of hydrogen-bond donors (Lipinski definition) is 2. The minimum atomic E-state index is 0.240. The quantitative estimate of drug-likeness (QED) is 0.662. The fourth-order valence-electron chi connectivity index (χ4n) is 2.26. The Morgan fingerprint density at radius 2 is 2.47 bits per heavy atom. The van der Waals surface area contributed by atoms with Gasteiger partial charge in [-0.3, -0.25) is 16.3 Å². The molecule has 5 heteroatoms. The van der Waals surface area contributed by atoms with E-state index in [-0.39, 0.29) is 10.8 Å². The number of nitrogens with zero attached hydrogens (tertiary/aromatic N) is 1. The minimum absolute atomic E-state index is 0.240. The molecule has 0 aliphatic carbocycles. The van der Waals surface area contributed by atoms with Crippen LogP contribution < -0.4 is 11.3 Å². The predicted molar refractivity (Wildman–Crippen MR) is 76.8 cm³/mol. The largest absolute Gasteiger partial charge is 0.271 e. The molecule has 94 valence electrons. The number of pyridine rings is 1. The Bertz CT molecular complexity index is 363. The summed E-state index contributed by atoms with van der Waals surface area (Å²) in [5.74, 6) is 6.95. The molecule has 2 heterocycles.